The second kappa shape index (κ2) is 4.98. The zero-order valence-electron chi connectivity index (χ0n) is 10.4. The second-order valence-electron chi connectivity index (χ2n) is 4.40. The van der Waals surface area contributed by atoms with Crippen LogP contribution >= 0.6 is 11.6 Å². The highest BCUT2D eigenvalue weighted by Gasteiger charge is 2.04. The molecular formula is C15H11ClFN3. The van der Waals surface area contributed by atoms with Crippen molar-refractivity contribution in [2.45, 2.75) is 0 Å². The highest BCUT2D eigenvalue weighted by Crippen LogP contribution is 2.26. The molecule has 0 radical (unpaired) electrons. The summed E-state index contributed by atoms with van der Waals surface area (Å²) in [4.78, 5) is 4.43. The maximum Gasteiger partial charge on any atom is 0.131 e. The maximum atomic E-state index is 13.2. The molecule has 0 spiro atoms. The quantitative estimate of drug-likeness (QED) is 0.689. The molecule has 0 bridgehead atoms. The van der Waals surface area contributed by atoms with Gasteiger partial charge in [-0.3, -0.25) is 0 Å². The predicted octanol–water partition coefficient (Wildman–Crippen LogP) is 4.35. The minimum Gasteiger partial charge on any atom is -0.399 e. The van der Waals surface area contributed by atoms with Gasteiger partial charge in [0.25, 0.3) is 0 Å². The lowest BCUT2D eigenvalue weighted by Gasteiger charge is -2.09. The van der Waals surface area contributed by atoms with Gasteiger partial charge >= 0.3 is 0 Å². The van der Waals surface area contributed by atoms with Gasteiger partial charge in [-0.05, 0) is 48.5 Å². The molecule has 3 N–H and O–H groups in total. The van der Waals surface area contributed by atoms with Crippen LogP contribution in [0.2, 0.25) is 5.02 Å². The van der Waals surface area contributed by atoms with Gasteiger partial charge in [-0.2, -0.15) is 0 Å². The minimum atomic E-state index is -0.356. The number of nitrogen functional groups attached to an aromatic ring is 1. The summed E-state index contributed by atoms with van der Waals surface area (Å²) in [6.07, 6.45) is 0. The second-order valence-corrected chi connectivity index (χ2v) is 4.80. The smallest absolute Gasteiger partial charge is 0.131 e. The molecule has 2 aromatic carbocycles. The van der Waals surface area contributed by atoms with Crippen LogP contribution in [0.15, 0.2) is 48.5 Å². The monoisotopic (exact) mass is 287 g/mol. The van der Waals surface area contributed by atoms with Crippen LogP contribution in [0.1, 0.15) is 0 Å². The Labute approximate surface area is 120 Å². The van der Waals surface area contributed by atoms with Crippen LogP contribution < -0.4 is 11.1 Å². The maximum absolute atomic E-state index is 13.2. The van der Waals surface area contributed by atoms with Crippen molar-refractivity contribution in [2.75, 3.05) is 11.1 Å². The molecule has 1 aromatic heterocycles. The topological polar surface area (TPSA) is 50.9 Å². The van der Waals surface area contributed by atoms with Gasteiger partial charge < -0.3 is 11.1 Å². The fourth-order valence-corrected chi connectivity index (χ4v) is 2.11. The van der Waals surface area contributed by atoms with Gasteiger partial charge in [0.1, 0.15) is 11.6 Å². The SMILES string of the molecule is Nc1ccc2nc(Nc3cc(F)ccc3Cl)ccc2c1. The first-order valence-corrected chi connectivity index (χ1v) is 6.38. The molecule has 0 saturated carbocycles. The fraction of sp³-hybridized carbons (Fsp3) is 0. The average molecular weight is 288 g/mol. The highest BCUT2D eigenvalue weighted by molar-refractivity contribution is 6.33. The van der Waals surface area contributed by atoms with Crippen LogP contribution in [0.4, 0.5) is 21.6 Å². The molecule has 0 aliphatic heterocycles. The molecule has 100 valence electrons. The molecule has 0 fully saturated rings. The lowest BCUT2D eigenvalue weighted by Crippen LogP contribution is -1.95. The van der Waals surface area contributed by atoms with Crippen LogP contribution in [-0.2, 0) is 0 Å². The van der Waals surface area contributed by atoms with E-state index in [0.717, 1.165) is 10.9 Å². The summed E-state index contributed by atoms with van der Waals surface area (Å²) in [5.74, 6) is 0.236. The van der Waals surface area contributed by atoms with Gasteiger partial charge in [-0.25, -0.2) is 9.37 Å². The van der Waals surface area contributed by atoms with Crippen molar-refractivity contribution in [3.8, 4) is 0 Å². The number of hydrogen-bond donors (Lipinski definition) is 2. The van der Waals surface area contributed by atoms with E-state index in [1.807, 2.05) is 18.2 Å². The fourth-order valence-electron chi connectivity index (χ4n) is 1.94. The summed E-state index contributed by atoms with van der Waals surface area (Å²) >= 11 is 6.01. The van der Waals surface area contributed by atoms with Gasteiger partial charge in [0.05, 0.1) is 16.2 Å². The number of pyridine rings is 1. The summed E-state index contributed by atoms with van der Waals surface area (Å²) in [6, 6.07) is 13.3. The lowest BCUT2D eigenvalue weighted by molar-refractivity contribution is 0.628. The Kier molecular flexibility index (Phi) is 3.16. The third-order valence-corrected chi connectivity index (χ3v) is 3.23. The highest BCUT2D eigenvalue weighted by atomic mass is 35.5. The molecule has 3 nitrogen and oxygen atoms in total. The molecule has 0 atom stereocenters. The van der Waals surface area contributed by atoms with Crippen molar-refractivity contribution in [2.24, 2.45) is 0 Å². The Morgan fingerprint density at radius 2 is 1.90 bits per heavy atom. The Morgan fingerprint density at radius 1 is 1.05 bits per heavy atom. The molecule has 3 aromatic rings. The van der Waals surface area contributed by atoms with Crippen LogP contribution in [0.5, 0.6) is 0 Å². The van der Waals surface area contributed by atoms with Gasteiger partial charge in [-0.15, -0.1) is 0 Å². The number of nitrogens with two attached hydrogens (primary N) is 1. The first-order chi connectivity index (χ1) is 9.61. The molecule has 3 rings (SSSR count). The van der Waals surface area contributed by atoms with Gasteiger partial charge in [-0.1, -0.05) is 11.6 Å². The standard InChI is InChI=1S/C15H11ClFN3/c16-12-4-2-10(17)8-14(12)20-15-6-1-9-7-11(18)3-5-13(9)19-15/h1-8H,18H2,(H,19,20). The number of benzene rings is 2. The first kappa shape index (κ1) is 12.7. The first-order valence-electron chi connectivity index (χ1n) is 6.00. The summed E-state index contributed by atoms with van der Waals surface area (Å²) in [6.45, 7) is 0. The summed E-state index contributed by atoms with van der Waals surface area (Å²) < 4.78 is 13.2. The number of aromatic nitrogens is 1. The molecule has 5 heteroatoms. The zero-order chi connectivity index (χ0) is 14.1. The predicted molar refractivity (Wildman–Crippen MR) is 80.8 cm³/mol. The Bertz CT molecular complexity index is 789. The zero-order valence-corrected chi connectivity index (χ0v) is 11.2. The average Bonchev–Trinajstić information content (AvgIpc) is 2.43. The van der Waals surface area contributed by atoms with E-state index in [2.05, 4.69) is 10.3 Å². The van der Waals surface area contributed by atoms with Crippen LogP contribution in [0.3, 0.4) is 0 Å². The van der Waals surface area contributed by atoms with Crippen LogP contribution in [0.25, 0.3) is 10.9 Å². The summed E-state index contributed by atoms with van der Waals surface area (Å²) in [7, 11) is 0. The van der Waals surface area contributed by atoms with E-state index in [0.29, 0.717) is 22.2 Å². The number of nitrogens with zero attached hydrogens (tertiary/aromatic N) is 1. The largest absolute Gasteiger partial charge is 0.399 e. The van der Waals surface area contributed by atoms with Crippen molar-refractivity contribution in [3.63, 3.8) is 0 Å². The number of nitrogens with one attached hydrogen (secondary N) is 1. The Morgan fingerprint density at radius 3 is 2.75 bits per heavy atom. The Balaban J connectivity index is 1.98. The van der Waals surface area contributed by atoms with Crippen LogP contribution in [0, 0.1) is 5.82 Å². The van der Waals surface area contributed by atoms with E-state index < -0.39 is 0 Å². The van der Waals surface area contributed by atoms with E-state index >= 15 is 0 Å². The van der Waals surface area contributed by atoms with Crippen molar-refractivity contribution in [3.05, 3.63) is 59.4 Å². The third-order valence-electron chi connectivity index (χ3n) is 2.90. The molecule has 20 heavy (non-hydrogen) atoms. The molecule has 1 heterocycles. The molecule has 0 aliphatic carbocycles. The van der Waals surface area contributed by atoms with E-state index in [-0.39, 0.29) is 5.82 Å². The van der Waals surface area contributed by atoms with Crippen molar-refractivity contribution < 1.29 is 4.39 Å². The number of fused-ring (bicyclic) bond motifs is 1. The molecule has 0 amide bonds. The number of rotatable bonds is 2. The van der Waals surface area contributed by atoms with E-state index in [9.17, 15) is 4.39 Å². The minimum absolute atomic E-state index is 0.356. The van der Waals surface area contributed by atoms with Gasteiger partial charge in [0.15, 0.2) is 0 Å². The molecule has 0 unspecified atom stereocenters. The number of anilines is 3. The molecular weight excluding hydrogens is 277 g/mol. The summed E-state index contributed by atoms with van der Waals surface area (Å²) in [5, 5.41) is 4.39. The number of halogens is 2. The normalized spacial score (nSPS) is 10.7. The van der Waals surface area contributed by atoms with Gasteiger partial charge in [0, 0.05) is 11.1 Å². The van der Waals surface area contributed by atoms with Crippen LogP contribution in [-0.4, -0.2) is 4.98 Å². The van der Waals surface area contributed by atoms with Gasteiger partial charge in [0.2, 0.25) is 0 Å². The van der Waals surface area contributed by atoms with Crippen molar-refractivity contribution >= 4 is 39.7 Å². The van der Waals surface area contributed by atoms with E-state index in [4.69, 9.17) is 17.3 Å². The summed E-state index contributed by atoms with van der Waals surface area (Å²) in [5.41, 5.74) is 7.69. The molecule has 0 saturated heterocycles. The molecule has 0 aliphatic rings. The lowest BCUT2D eigenvalue weighted by atomic mass is 10.2. The van der Waals surface area contributed by atoms with E-state index in [1.165, 1.54) is 18.2 Å². The number of hydrogen-bond acceptors (Lipinski definition) is 3. The van der Waals surface area contributed by atoms with Crippen molar-refractivity contribution in [1.29, 1.82) is 0 Å². The van der Waals surface area contributed by atoms with Crippen molar-refractivity contribution in [1.82, 2.24) is 4.98 Å². The third kappa shape index (κ3) is 2.51. The van der Waals surface area contributed by atoms with E-state index in [1.54, 1.807) is 12.1 Å². The Hall–Kier alpha value is -2.33.